The first-order valence-electron chi connectivity index (χ1n) is 4.30. The zero-order valence-electron chi connectivity index (χ0n) is 7.92. The molecule has 0 bridgehead atoms. The van der Waals surface area contributed by atoms with E-state index in [4.69, 9.17) is 0 Å². The number of aromatic nitrogens is 1. The van der Waals surface area contributed by atoms with Crippen LogP contribution in [-0.4, -0.2) is 11.5 Å². The van der Waals surface area contributed by atoms with Gasteiger partial charge in [-0.1, -0.05) is 13.8 Å². The van der Waals surface area contributed by atoms with Gasteiger partial charge in [-0.25, -0.2) is 4.98 Å². The molecule has 0 amide bonds. The number of thiazole rings is 1. The zero-order valence-corrected chi connectivity index (χ0v) is 8.74. The Balaban J connectivity index is 2.24. The number of rotatable bonds is 4. The van der Waals surface area contributed by atoms with Crippen LogP contribution in [0.4, 0.5) is 0 Å². The number of nitrogens with zero attached hydrogens (tertiary/aromatic N) is 1. The van der Waals surface area contributed by atoms with Crippen molar-refractivity contribution in [3.8, 4) is 0 Å². The predicted octanol–water partition coefficient (Wildman–Crippen LogP) is 2.20. The Hall–Kier alpha value is -0.410. The second kappa shape index (κ2) is 4.58. The highest BCUT2D eigenvalue weighted by Gasteiger charge is 1.98. The summed E-state index contributed by atoms with van der Waals surface area (Å²) in [5, 5.41) is 4.55. The van der Waals surface area contributed by atoms with E-state index >= 15 is 0 Å². The summed E-state index contributed by atoms with van der Waals surface area (Å²) in [7, 11) is 0. The first kappa shape index (κ1) is 9.68. The van der Waals surface area contributed by atoms with Crippen LogP contribution in [0.2, 0.25) is 0 Å². The molecule has 0 saturated carbocycles. The maximum atomic E-state index is 4.27. The van der Waals surface area contributed by atoms with Crippen LogP contribution in [-0.2, 0) is 6.54 Å². The Bertz CT molecular complexity index is 230. The minimum Gasteiger partial charge on any atom is -0.310 e. The maximum Gasteiger partial charge on any atom is 0.107 e. The van der Waals surface area contributed by atoms with Crippen LogP contribution in [0.15, 0.2) is 6.20 Å². The van der Waals surface area contributed by atoms with Crippen LogP contribution < -0.4 is 5.32 Å². The lowest BCUT2D eigenvalue weighted by Gasteiger charge is -2.04. The molecule has 12 heavy (non-hydrogen) atoms. The van der Waals surface area contributed by atoms with Gasteiger partial charge < -0.3 is 5.32 Å². The molecule has 1 N–H and O–H groups in total. The Morgan fingerprint density at radius 1 is 1.58 bits per heavy atom. The summed E-state index contributed by atoms with van der Waals surface area (Å²) >= 11 is 1.77. The van der Waals surface area contributed by atoms with Crippen molar-refractivity contribution in [2.75, 3.05) is 6.54 Å². The fourth-order valence-electron chi connectivity index (χ4n) is 0.951. The second-order valence-electron chi connectivity index (χ2n) is 3.39. The molecule has 1 heterocycles. The highest BCUT2D eigenvalue weighted by Crippen LogP contribution is 2.10. The van der Waals surface area contributed by atoms with Crippen LogP contribution in [0.5, 0.6) is 0 Å². The molecule has 0 atom stereocenters. The van der Waals surface area contributed by atoms with E-state index in [1.165, 1.54) is 9.88 Å². The average molecular weight is 184 g/mol. The molecular weight excluding hydrogens is 168 g/mol. The lowest BCUT2D eigenvalue weighted by atomic mass is 10.2. The van der Waals surface area contributed by atoms with Gasteiger partial charge in [0.15, 0.2) is 0 Å². The summed E-state index contributed by atoms with van der Waals surface area (Å²) < 4.78 is 0. The van der Waals surface area contributed by atoms with Gasteiger partial charge in [0.2, 0.25) is 0 Å². The van der Waals surface area contributed by atoms with Crippen molar-refractivity contribution in [3.05, 3.63) is 16.1 Å². The molecular formula is C9H16N2S. The van der Waals surface area contributed by atoms with Crippen molar-refractivity contribution in [2.45, 2.75) is 27.3 Å². The van der Waals surface area contributed by atoms with E-state index in [1.807, 2.05) is 6.20 Å². The second-order valence-corrected chi connectivity index (χ2v) is 4.71. The predicted molar refractivity (Wildman–Crippen MR) is 53.4 cm³/mol. The minimum atomic E-state index is 0.714. The van der Waals surface area contributed by atoms with Gasteiger partial charge in [0, 0.05) is 17.6 Å². The van der Waals surface area contributed by atoms with Crippen LogP contribution in [0.1, 0.15) is 23.7 Å². The molecule has 0 aliphatic heterocycles. The number of hydrogen-bond acceptors (Lipinski definition) is 3. The summed E-state index contributed by atoms with van der Waals surface area (Å²) in [6, 6.07) is 0. The van der Waals surface area contributed by atoms with Crippen molar-refractivity contribution in [2.24, 2.45) is 5.92 Å². The Morgan fingerprint density at radius 3 is 2.83 bits per heavy atom. The molecule has 0 saturated heterocycles. The van der Waals surface area contributed by atoms with E-state index in [9.17, 15) is 0 Å². The smallest absolute Gasteiger partial charge is 0.107 e. The summed E-state index contributed by atoms with van der Waals surface area (Å²) in [5.41, 5.74) is 0. The van der Waals surface area contributed by atoms with Crippen molar-refractivity contribution < 1.29 is 0 Å². The number of aryl methyl sites for hydroxylation is 1. The third-order valence-electron chi connectivity index (χ3n) is 1.50. The van der Waals surface area contributed by atoms with Gasteiger partial charge >= 0.3 is 0 Å². The van der Waals surface area contributed by atoms with Gasteiger partial charge in [-0.05, 0) is 19.4 Å². The molecule has 0 fully saturated rings. The quantitative estimate of drug-likeness (QED) is 0.776. The van der Waals surface area contributed by atoms with Crippen molar-refractivity contribution in [3.63, 3.8) is 0 Å². The van der Waals surface area contributed by atoms with Gasteiger partial charge in [-0.3, -0.25) is 0 Å². The molecule has 1 rings (SSSR count). The standard InChI is InChI=1S/C9H16N2S/c1-7(2)4-10-6-9-11-5-8(3)12-9/h5,7,10H,4,6H2,1-3H3. The Kier molecular flexibility index (Phi) is 3.69. The Labute approximate surface area is 78.0 Å². The topological polar surface area (TPSA) is 24.9 Å². The minimum absolute atomic E-state index is 0.714. The van der Waals surface area contributed by atoms with Crippen LogP contribution >= 0.6 is 11.3 Å². The largest absolute Gasteiger partial charge is 0.310 e. The van der Waals surface area contributed by atoms with E-state index in [0.717, 1.165) is 13.1 Å². The summed E-state index contributed by atoms with van der Waals surface area (Å²) in [4.78, 5) is 5.56. The first-order valence-corrected chi connectivity index (χ1v) is 5.12. The molecule has 1 aromatic rings. The summed E-state index contributed by atoms with van der Waals surface area (Å²) in [6.45, 7) is 8.49. The fraction of sp³-hybridized carbons (Fsp3) is 0.667. The van der Waals surface area contributed by atoms with Crippen molar-refractivity contribution in [1.29, 1.82) is 0 Å². The molecule has 2 nitrogen and oxygen atoms in total. The number of hydrogen-bond donors (Lipinski definition) is 1. The molecule has 68 valence electrons. The summed E-state index contributed by atoms with van der Waals surface area (Å²) in [5.74, 6) is 0.714. The summed E-state index contributed by atoms with van der Waals surface area (Å²) in [6.07, 6.45) is 1.93. The molecule has 3 heteroatoms. The van der Waals surface area contributed by atoms with Gasteiger partial charge in [-0.15, -0.1) is 11.3 Å². The molecule has 1 aromatic heterocycles. The molecule has 0 unspecified atom stereocenters. The third kappa shape index (κ3) is 3.32. The van der Waals surface area contributed by atoms with Crippen molar-refractivity contribution in [1.82, 2.24) is 10.3 Å². The van der Waals surface area contributed by atoms with Crippen LogP contribution in [0.3, 0.4) is 0 Å². The van der Waals surface area contributed by atoms with Gasteiger partial charge in [-0.2, -0.15) is 0 Å². The zero-order chi connectivity index (χ0) is 8.97. The average Bonchev–Trinajstić information content (AvgIpc) is 2.35. The van der Waals surface area contributed by atoms with E-state index < -0.39 is 0 Å². The lowest BCUT2D eigenvalue weighted by molar-refractivity contribution is 0.551. The first-order chi connectivity index (χ1) is 5.68. The molecule has 0 radical (unpaired) electrons. The highest BCUT2D eigenvalue weighted by atomic mass is 32.1. The highest BCUT2D eigenvalue weighted by molar-refractivity contribution is 7.11. The van der Waals surface area contributed by atoms with E-state index in [1.54, 1.807) is 11.3 Å². The Morgan fingerprint density at radius 2 is 2.33 bits per heavy atom. The SMILES string of the molecule is Cc1cnc(CNCC(C)C)s1. The van der Waals surface area contributed by atoms with E-state index in [-0.39, 0.29) is 0 Å². The van der Waals surface area contributed by atoms with Crippen LogP contribution in [0.25, 0.3) is 0 Å². The normalized spacial score (nSPS) is 11.0. The van der Waals surface area contributed by atoms with E-state index in [0.29, 0.717) is 5.92 Å². The van der Waals surface area contributed by atoms with Crippen molar-refractivity contribution >= 4 is 11.3 Å². The van der Waals surface area contributed by atoms with E-state index in [2.05, 4.69) is 31.1 Å². The molecule has 0 aliphatic carbocycles. The molecule has 0 aliphatic rings. The van der Waals surface area contributed by atoms with Gasteiger partial charge in [0.05, 0.1) is 0 Å². The molecule has 0 spiro atoms. The number of nitrogens with one attached hydrogen (secondary N) is 1. The lowest BCUT2D eigenvalue weighted by Crippen LogP contribution is -2.18. The fourth-order valence-corrected chi connectivity index (χ4v) is 1.71. The van der Waals surface area contributed by atoms with Crippen LogP contribution in [0, 0.1) is 12.8 Å². The molecule has 0 aromatic carbocycles. The maximum absolute atomic E-state index is 4.27. The van der Waals surface area contributed by atoms with Gasteiger partial charge in [0.1, 0.15) is 5.01 Å². The van der Waals surface area contributed by atoms with Gasteiger partial charge in [0.25, 0.3) is 0 Å². The third-order valence-corrected chi connectivity index (χ3v) is 2.41. The monoisotopic (exact) mass is 184 g/mol.